The molecule has 0 atom stereocenters. The van der Waals surface area contributed by atoms with Gasteiger partial charge in [0.15, 0.2) is 11.6 Å². The smallest absolute Gasteiger partial charge is 0.172 e. The van der Waals surface area contributed by atoms with Gasteiger partial charge in [0.25, 0.3) is 0 Å². The van der Waals surface area contributed by atoms with Crippen molar-refractivity contribution in [1.29, 1.82) is 5.26 Å². The van der Waals surface area contributed by atoms with Gasteiger partial charge in [0.1, 0.15) is 5.82 Å². The van der Waals surface area contributed by atoms with Gasteiger partial charge in [-0.2, -0.15) is 5.26 Å². The fourth-order valence-electron chi connectivity index (χ4n) is 3.88. The van der Waals surface area contributed by atoms with Gasteiger partial charge in [0.05, 0.1) is 22.7 Å². The summed E-state index contributed by atoms with van der Waals surface area (Å²) in [7, 11) is 0. The molecule has 2 aliphatic rings. The van der Waals surface area contributed by atoms with Crippen LogP contribution in [0.1, 0.15) is 24.0 Å². The summed E-state index contributed by atoms with van der Waals surface area (Å²) in [6, 6.07) is 12.7. The summed E-state index contributed by atoms with van der Waals surface area (Å²) in [6.45, 7) is 3.63. The lowest BCUT2D eigenvalue weighted by Gasteiger charge is -2.36. The lowest BCUT2D eigenvalue weighted by molar-refractivity contribution is 0.246. The summed E-state index contributed by atoms with van der Waals surface area (Å²) in [5, 5.41) is 13.3. The zero-order valence-corrected chi connectivity index (χ0v) is 17.7. The number of fused-ring (bicyclic) bond motifs is 1. The molecule has 1 saturated carbocycles. The number of hydrogen-bond acceptors (Lipinski definition) is 6. The second-order valence-corrected chi connectivity index (χ2v) is 8.57. The SMILES string of the molecule is N#Cc1ccc2nc(NC3CC3)c(N3CCN(Cc4cc(Cl)ccc4F)CC3)nc2c1. The first-order chi connectivity index (χ1) is 15.1. The van der Waals surface area contributed by atoms with Crippen LogP contribution in [0.25, 0.3) is 11.0 Å². The Hall–Kier alpha value is -2.95. The van der Waals surface area contributed by atoms with Gasteiger partial charge in [-0.3, -0.25) is 4.90 Å². The molecule has 1 aliphatic heterocycles. The standard InChI is InChI=1S/C23H22ClFN6/c24-17-2-5-19(25)16(12-17)14-30-7-9-31(10-8-30)23-22(27-18-3-4-18)28-20-6-1-15(13-26)11-21(20)29-23/h1-2,5-6,11-12,18H,3-4,7-10,14H2,(H,27,28). The number of rotatable bonds is 5. The Kier molecular flexibility index (Phi) is 5.34. The van der Waals surface area contributed by atoms with Gasteiger partial charge < -0.3 is 10.2 Å². The topological polar surface area (TPSA) is 68.1 Å². The van der Waals surface area contributed by atoms with E-state index in [-0.39, 0.29) is 5.82 Å². The molecule has 1 aromatic heterocycles. The average molecular weight is 437 g/mol. The van der Waals surface area contributed by atoms with Gasteiger partial charge in [-0.25, -0.2) is 14.4 Å². The van der Waals surface area contributed by atoms with Crippen LogP contribution in [0.15, 0.2) is 36.4 Å². The number of halogens is 2. The van der Waals surface area contributed by atoms with Crippen molar-refractivity contribution in [3.63, 3.8) is 0 Å². The number of piperazine rings is 1. The molecule has 1 N–H and O–H groups in total. The molecular formula is C23H22ClFN6. The van der Waals surface area contributed by atoms with Crippen LogP contribution in [0.4, 0.5) is 16.0 Å². The number of aromatic nitrogens is 2. The van der Waals surface area contributed by atoms with E-state index in [4.69, 9.17) is 21.6 Å². The first kappa shape index (κ1) is 20.0. The summed E-state index contributed by atoms with van der Waals surface area (Å²) in [5.74, 6) is 1.40. The lowest BCUT2D eigenvalue weighted by Crippen LogP contribution is -2.46. The van der Waals surface area contributed by atoms with Crippen LogP contribution < -0.4 is 10.2 Å². The number of anilines is 2. The van der Waals surface area contributed by atoms with Crippen LogP contribution in [0, 0.1) is 17.1 Å². The molecule has 0 bridgehead atoms. The van der Waals surface area contributed by atoms with Crippen molar-refractivity contribution < 1.29 is 4.39 Å². The Balaban J connectivity index is 1.36. The first-order valence-electron chi connectivity index (χ1n) is 10.5. The number of benzene rings is 2. The molecule has 5 rings (SSSR count). The van der Waals surface area contributed by atoms with Crippen molar-refractivity contribution in [2.24, 2.45) is 0 Å². The highest BCUT2D eigenvalue weighted by molar-refractivity contribution is 6.30. The highest BCUT2D eigenvalue weighted by atomic mass is 35.5. The van der Waals surface area contributed by atoms with E-state index in [1.807, 2.05) is 6.07 Å². The zero-order chi connectivity index (χ0) is 21.4. The van der Waals surface area contributed by atoms with E-state index in [2.05, 4.69) is 21.2 Å². The number of nitrogens with one attached hydrogen (secondary N) is 1. The predicted octanol–water partition coefficient (Wildman–Crippen LogP) is 4.19. The quantitative estimate of drug-likeness (QED) is 0.646. The molecule has 0 spiro atoms. The third-order valence-electron chi connectivity index (χ3n) is 5.77. The minimum Gasteiger partial charge on any atom is -0.364 e. The molecule has 2 aromatic carbocycles. The van der Waals surface area contributed by atoms with Crippen molar-refractivity contribution in [2.45, 2.75) is 25.4 Å². The number of hydrogen-bond donors (Lipinski definition) is 1. The van der Waals surface area contributed by atoms with Gasteiger partial charge in [0, 0.05) is 49.4 Å². The maximum Gasteiger partial charge on any atom is 0.172 e. The van der Waals surface area contributed by atoms with Gasteiger partial charge in [-0.05, 0) is 49.2 Å². The Labute approximate surface area is 185 Å². The summed E-state index contributed by atoms with van der Waals surface area (Å²) in [5.41, 5.74) is 2.69. The average Bonchev–Trinajstić information content (AvgIpc) is 3.60. The normalized spacial score (nSPS) is 17.0. The van der Waals surface area contributed by atoms with E-state index < -0.39 is 0 Å². The Morgan fingerprint density at radius 3 is 2.61 bits per heavy atom. The summed E-state index contributed by atoms with van der Waals surface area (Å²) in [4.78, 5) is 14.1. The lowest BCUT2D eigenvalue weighted by atomic mass is 10.2. The summed E-state index contributed by atoms with van der Waals surface area (Å²) >= 11 is 6.04. The number of nitrogens with zero attached hydrogens (tertiary/aromatic N) is 5. The van der Waals surface area contributed by atoms with E-state index >= 15 is 0 Å². The second-order valence-electron chi connectivity index (χ2n) is 8.13. The van der Waals surface area contributed by atoms with Crippen molar-refractivity contribution >= 4 is 34.3 Å². The molecule has 1 aliphatic carbocycles. The molecule has 3 aromatic rings. The largest absolute Gasteiger partial charge is 0.364 e. The van der Waals surface area contributed by atoms with E-state index in [1.54, 1.807) is 24.3 Å². The second kappa shape index (κ2) is 8.29. The van der Waals surface area contributed by atoms with E-state index in [1.165, 1.54) is 6.07 Å². The third kappa shape index (κ3) is 4.41. The van der Waals surface area contributed by atoms with Crippen LogP contribution in [0.2, 0.25) is 5.02 Å². The fraction of sp³-hybridized carbons (Fsp3) is 0.348. The monoisotopic (exact) mass is 436 g/mol. The predicted molar refractivity (Wildman–Crippen MR) is 120 cm³/mol. The molecule has 0 amide bonds. The van der Waals surface area contributed by atoms with Crippen LogP contribution in [-0.2, 0) is 6.54 Å². The highest BCUT2D eigenvalue weighted by Gasteiger charge is 2.27. The highest BCUT2D eigenvalue weighted by Crippen LogP contribution is 2.31. The molecule has 158 valence electrons. The minimum absolute atomic E-state index is 0.226. The van der Waals surface area contributed by atoms with Gasteiger partial charge >= 0.3 is 0 Å². The first-order valence-corrected chi connectivity index (χ1v) is 10.9. The van der Waals surface area contributed by atoms with Crippen molar-refractivity contribution in [2.75, 3.05) is 36.4 Å². The zero-order valence-electron chi connectivity index (χ0n) is 17.0. The van der Waals surface area contributed by atoms with E-state index in [0.717, 1.165) is 61.7 Å². The Bertz CT molecular complexity index is 1160. The molecule has 31 heavy (non-hydrogen) atoms. The maximum atomic E-state index is 14.1. The van der Waals surface area contributed by atoms with Crippen LogP contribution in [0.5, 0.6) is 0 Å². The Morgan fingerprint density at radius 2 is 1.87 bits per heavy atom. The van der Waals surface area contributed by atoms with Crippen molar-refractivity contribution in [3.05, 3.63) is 58.4 Å². The van der Waals surface area contributed by atoms with Crippen LogP contribution >= 0.6 is 11.6 Å². The third-order valence-corrected chi connectivity index (χ3v) is 6.00. The molecule has 2 fully saturated rings. The molecule has 2 heterocycles. The molecule has 1 saturated heterocycles. The van der Waals surface area contributed by atoms with Gasteiger partial charge in [-0.1, -0.05) is 11.6 Å². The Morgan fingerprint density at radius 1 is 1.06 bits per heavy atom. The van der Waals surface area contributed by atoms with Crippen molar-refractivity contribution in [1.82, 2.24) is 14.9 Å². The molecule has 0 unspecified atom stereocenters. The minimum atomic E-state index is -0.226. The van der Waals surface area contributed by atoms with Crippen LogP contribution in [-0.4, -0.2) is 47.1 Å². The van der Waals surface area contributed by atoms with Gasteiger partial charge in [-0.15, -0.1) is 0 Å². The van der Waals surface area contributed by atoms with Gasteiger partial charge in [0.2, 0.25) is 0 Å². The molecule has 0 radical (unpaired) electrons. The molecule has 6 nitrogen and oxygen atoms in total. The van der Waals surface area contributed by atoms with E-state index in [9.17, 15) is 9.65 Å². The van der Waals surface area contributed by atoms with E-state index in [0.29, 0.717) is 28.7 Å². The number of nitriles is 1. The van der Waals surface area contributed by atoms with Crippen molar-refractivity contribution in [3.8, 4) is 6.07 Å². The molecule has 8 heteroatoms. The fourth-order valence-corrected chi connectivity index (χ4v) is 4.07. The van der Waals surface area contributed by atoms with Crippen LogP contribution in [0.3, 0.4) is 0 Å². The maximum absolute atomic E-state index is 14.1. The summed E-state index contributed by atoms with van der Waals surface area (Å²) in [6.07, 6.45) is 2.29. The molecular weight excluding hydrogens is 415 g/mol. The summed E-state index contributed by atoms with van der Waals surface area (Å²) < 4.78 is 14.1.